The number of anilines is 1. The van der Waals surface area contributed by atoms with Gasteiger partial charge in [0, 0.05) is 54.6 Å². The molecule has 3 atom stereocenters. The first-order valence-electron chi connectivity index (χ1n) is 23.6. The van der Waals surface area contributed by atoms with E-state index in [4.69, 9.17) is 18.9 Å². The molecule has 3 rings (SSSR count). The van der Waals surface area contributed by atoms with Crippen LogP contribution in [-0.2, 0) is 86.8 Å². The fraction of sp³-hybridized carbons (Fsp3) is 0.633. The van der Waals surface area contributed by atoms with Gasteiger partial charge in [0.05, 0.1) is 13.1 Å². The van der Waals surface area contributed by atoms with Gasteiger partial charge in [-0.05, 0) is 146 Å². The summed E-state index contributed by atoms with van der Waals surface area (Å²) in [5, 5.41) is 5.34. The summed E-state index contributed by atoms with van der Waals surface area (Å²) in [6.45, 7) is 21.8. The maximum atomic E-state index is 13.7. The van der Waals surface area contributed by atoms with E-state index in [2.05, 4.69) is 30.2 Å². The topological polar surface area (TPSA) is 254 Å². The van der Waals surface area contributed by atoms with Crippen LogP contribution in [0.4, 0.5) is 10.5 Å². The second-order valence-electron chi connectivity index (χ2n) is 21.1. The number of carbonyl (C=O) groups is 6. The quantitative estimate of drug-likeness (QED) is 0.0349. The highest BCUT2D eigenvalue weighted by Gasteiger charge is 2.31. The average Bonchev–Trinajstić information content (AvgIpc) is 3.82. The van der Waals surface area contributed by atoms with Crippen molar-refractivity contribution < 1.29 is 56.5 Å². The van der Waals surface area contributed by atoms with Gasteiger partial charge in [-0.2, -0.15) is 0 Å². The molecule has 390 valence electrons. The number of hydrogen-bond acceptors (Lipinski definition) is 15. The fourth-order valence-electron chi connectivity index (χ4n) is 6.95. The molecule has 0 fully saturated rings. The SMILES string of the molecule is CC(C)(C)OC(=O)Cn1ccnc1CN(CCCC[C@H](NC(=O)N[C@@H](CCC(=O)CCCc1ccc(NS(=O)[O-])cc1)C(=O)OC(C)(C)C)C(=O)OC(C)(C)C)Cc1nccn1CC(=O)OC(C)(C)C. The van der Waals surface area contributed by atoms with Crippen LogP contribution in [0.1, 0.15) is 145 Å². The number of aryl methyl sites for hydroxylation is 1. The first kappa shape index (κ1) is 58.6. The summed E-state index contributed by atoms with van der Waals surface area (Å²) in [5.41, 5.74) is -1.80. The zero-order chi connectivity index (χ0) is 52.5. The van der Waals surface area contributed by atoms with Gasteiger partial charge in [-0.25, -0.2) is 24.4 Å². The van der Waals surface area contributed by atoms with Gasteiger partial charge in [0.2, 0.25) is 0 Å². The van der Waals surface area contributed by atoms with Crippen LogP contribution in [0.3, 0.4) is 0 Å². The molecule has 0 radical (unpaired) electrons. The number of hydrogen-bond donors (Lipinski definition) is 3. The van der Waals surface area contributed by atoms with Crippen LogP contribution < -0.4 is 15.4 Å². The second-order valence-corrected chi connectivity index (χ2v) is 21.8. The lowest BCUT2D eigenvalue weighted by Gasteiger charge is -2.27. The van der Waals surface area contributed by atoms with Crippen molar-refractivity contribution in [3.05, 3.63) is 66.3 Å². The first-order chi connectivity index (χ1) is 32.4. The van der Waals surface area contributed by atoms with Crippen molar-refractivity contribution >= 4 is 52.6 Å². The standard InChI is InChI=1S/C49H76N8O12S/c1-46(2,3)66-41(59)32-56-28-25-50-39(56)30-55(31-40-51-26-29-57(40)33-42(60)67-47(4,5)6)27-14-13-18-37(43(61)68-48(7,8)9)52-45(63)53-38(44(62)69-49(10,11)12)24-23-36(58)17-15-16-34-19-21-35(22-20-34)54-70(64)65/h19-22,25-26,28-29,37-38,54H,13-18,23-24,27,30-33H2,1-12H3,(H,64,65)(H2,52,53,63)/p-1/t37-,38-/m0/s1. The van der Waals surface area contributed by atoms with Gasteiger partial charge >= 0.3 is 29.9 Å². The van der Waals surface area contributed by atoms with E-state index in [1.807, 2.05) is 0 Å². The molecular formula is C49H75N8O12S-. The molecule has 0 bridgehead atoms. The van der Waals surface area contributed by atoms with Crippen LogP contribution in [0.25, 0.3) is 0 Å². The van der Waals surface area contributed by atoms with E-state index in [1.54, 1.807) is 141 Å². The van der Waals surface area contributed by atoms with Crippen LogP contribution >= 0.6 is 0 Å². The predicted octanol–water partition coefficient (Wildman–Crippen LogP) is 6.23. The lowest BCUT2D eigenvalue weighted by atomic mass is 10.0. The van der Waals surface area contributed by atoms with Gasteiger partial charge in [-0.1, -0.05) is 12.1 Å². The van der Waals surface area contributed by atoms with E-state index in [0.29, 0.717) is 49.6 Å². The molecular weight excluding hydrogens is 925 g/mol. The van der Waals surface area contributed by atoms with E-state index < -0.39 is 75.7 Å². The van der Waals surface area contributed by atoms with Gasteiger partial charge in [0.15, 0.2) is 0 Å². The molecule has 1 unspecified atom stereocenters. The number of imidazole rings is 2. The van der Waals surface area contributed by atoms with E-state index in [-0.39, 0.29) is 57.6 Å². The summed E-state index contributed by atoms with van der Waals surface area (Å²) in [6.07, 6.45) is 8.89. The summed E-state index contributed by atoms with van der Waals surface area (Å²) >= 11 is -2.44. The number of nitrogens with one attached hydrogen (secondary N) is 3. The van der Waals surface area contributed by atoms with Crippen molar-refractivity contribution in [1.82, 2.24) is 34.6 Å². The predicted molar refractivity (Wildman–Crippen MR) is 261 cm³/mol. The number of carbonyl (C=O) groups excluding carboxylic acids is 6. The Kier molecular flexibility index (Phi) is 22.2. The van der Waals surface area contributed by atoms with Gasteiger partial charge < -0.3 is 48.0 Å². The van der Waals surface area contributed by atoms with E-state index in [9.17, 15) is 37.5 Å². The summed E-state index contributed by atoms with van der Waals surface area (Å²) in [5.74, 6) is -1.23. The molecule has 0 aliphatic heterocycles. The van der Waals surface area contributed by atoms with Crippen LogP contribution in [0.2, 0.25) is 0 Å². The van der Waals surface area contributed by atoms with E-state index in [0.717, 1.165) is 5.56 Å². The molecule has 2 amide bonds. The zero-order valence-electron chi connectivity index (χ0n) is 43.0. The molecule has 1 aromatic carbocycles. The fourth-order valence-corrected chi connectivity index (χ4v) is 7.28. The number of ether oxygens (including phenoxy) is 4. The zero-order valence-corrected chi connectivity index (χ0v) is 43.8. The van der Waals surface area contributed by atoms with Crippen LogP contribution in [0.5, 0.6) is 0 Å². The smallest absolute Gasteiger partial charge is 0.329 e. The summed E-state index contributed by atoms with van der Waals surface area (Å²) in [4.78, 5) is 90.4. The van der Waals surface area contributed by atoms with E-state index >= 15 is 0 Å². The number of Topliss-reactive ketones (excluding diaryl/α,β-unsaturated/α-hetero) is 1. The molecule has 20 nitrogen and oxygen atoms in total. The minimum Gasteiger partial charge on any atom is -0.755 e. The highest BCUT2D eigenvalue weighted by Crippen LogP contribution is 2.18. The Morgan fingerprint density at radius 1 is 0.643 bits per heavy atom. The number of nitrogens with zero attached hydrogens (tertiary/aromatic N) is 5. The minimum absolute atomic E-state index is 0.0309. The molecule has 0 aliphatic rings. The number of rotatable bonds is 26. The second kappa shape index (κ2) is 26.5. The largest absolute Gasteiger partial charge is 0.755 e. The highest BCUT2D eigenvalue weighted by atomic mass is 32.2. The van der Waals surface area contributed by atoms with E-state index in [1.165, 1.54) is 0 Å². The number of amides is 2. The number of unbranched alkanes of at least 4 members (excludes halogenated alkanes) is 1. The van der Waals surface area contributed by atoms with Gasteiger partial charge in [-0.15, -0.1) is 0 Å². The molecule has 0 saturated heterocycles. The molecule has 2 heterocycles. The van der Waals surface area contributed by atoms with Crippen molar-refractivity contribution in [3.8, 4) is 0 Å². The number of ketones is 1. The van der Waals surface area contributed by atoms with Gasteiger partial charge in [-0.3, -0.25) is 23.5 Å². The van der Waals surface area contributed by atoms with Crippen molar-refractivity contribution in [2.75, 3.05) is 11.3 Å². The van der Waals surface area contributed by atoms with Crippen molar-refractivity contribution in [1.29, 1.82) is 0 Å². The maximum absolute atomic E-state index is 13.7. The Morgan fingerprint density at radius 2 is 1.10 bits per heavy atom. The monoisotopic (exact) mass is 1000 g/mol. The molecule has 21 heteroatoms. The molecule has 3 aromatic rings. The number of benzene rings is 1. The van der Waals surface area contributed by atoms with Crippen LogP contribution in [-0.4, -0.2) is 109 Å². The van der Waals surface area contributed by atoms with Crippen LogP contribution in [0.15, 0.2) is 49.1 Å². The molecule has 3 N–H and O–H groups in total. The molecule has 0 aliphatic carbocycles. The van der Waals surface area contributed by atoms with Crippen molar-refractivity contribution in [2.24, 2.45) is 0 Å². The Labute approximate surface area is 415 Å². The third-order valence-corrected chi connectivity index (χ3v) is 10.2. The summed E-state index contributed by atoms with van der Waals surface area (Å²) in [6, 6.07) is 3.63. The maximum Gasteiger partial charge on any atom is 0.329 e. The number of esters is 4. The molecule has 2 aromatic heterocycles. The normalized spacial score (nSPS) is 13.5. The van der Waals surface area contributed by atoms with Crippen LogP contribution in [0, 0.1) is 0 Å². The van der Waals surface area contributed by atoms with Gasteiger partial charge in [0.25, 0.3) is 0 Å². The lowest BCUT2D eigenvalue weighted by Crippen LogP contribution is -2.53. The Bertz CT molecular complexity index is 2140. The molecule has 0 saturated carbocycles. The lowest BCUT2D eigenvalue weighted by molar-refractivity contribution is -0.158. The average molecular weight is 1000 g/mol. The summed E-state index contributed by atoms with van der Waals surface area (Å²) in [7, 11) is 0. The number of urea groups is 1. The first-order valence-corrected chi connectivity index (χ1v) is 24.7. The Hall–Kier alpha value is -5.67. The number of aromatic nitrogens is 4. The third-order valence-electron chi connectivity index (χ3n) is 9.77. The van der Waals surface area contributed by atoms with Gasteiger partial charge in [0.1, 0.15) is 65.0 Å². The van der Waals surface area contributed by atoms with Crippen molar-refractivity contribution in [3.63, 3.8) is 0 Å². The summed E-state index contributed by atoms with van der Waals surface area (Å²) < 4.78 is 49.9. The molecule has 70 heavy (non-hydrogen) atoms. The van der Waals surface area contributed by atoms with Crippen molar-refractivity contribution in [2.45, 2.75) is 195 Å². The third kappa shape index (κ3) is 24.2. The highest BCUT2D eigenvalue weighted by molar-refractivity contribution is 7.80. The Morgan fingerprint density at radius 3 is 1.54 bits per heavy atom. The Balaban J connectivity index is 1.74. The molecule has 0 spiro atoms. The minimum atomic E-state index is -2.44.